The number of pyridine rings is 1. The molecular weight excluding hydrogens is 184 g/mol. The van der Waals surface area contributed by atoms with Crippen LogP contribution in [0.2, 0.25) is 0 Å². The first-order valence-electron chi connectivity index (χ1n) is 3.86. The number of H-pyrrole nitrogens is 1. The normalized spacial score (nSPS) is 9.14. The average molecular weight is 192 g/mol. The first-order valence-corrected chi connectivity index (χ1v) is 3.86. The van der Waals surface area contributed by atoms with Crippen LogP contribution >= 0.6 is 0 Å². The number of ether oxygens (including phenoxy) is 1. The zero-order valence-corrected chi connectivity index (χ0v) is 7.53. The third kappa shape index (κ3) is 1.98. The van der Waals surface area contributed by atoms with Gasteiger partial charge in [0, 0.05) is 17.8 Å². The van der Waals surface area contributed by atoms with Gasteiger partial charge in [-0.05, 0) is 0 Å². The van der Waals surface area contributed by atoms with Gasteiger partial charge in [0.15, 0.2) is 5.43 Å². The second kappa shape index (κ2) is 4.23. The fraction of sp³-hybridized carbons (Fsp3) is 0.222. The summed E-state index contributed by atoms with van der Waals surface area (Å²) < 4.78 is 4.41. The maximum Gasteiger partial charge on any atom is 0.310 e. The Morgan fingerprint density at radius 3 is 3.00 bits per heavy atom. The van der Waals surface area contributed by atoms with Gasteiger partial charge in [0.1, 0.15) is 11.8 Å². The summed E-state index contributed by atoms with van der Waals surface area (Å²) in [7, 11) is 1.23. The first-order chi connectivity index (χ1) is 6.69. The molecule has 0 atom stereocenters. The Kier molecular flexibility index (Phi) is 3.02. The minimum absolute atomic E-state index is 0.0999. The summed E-state index contributed by atoms with van der Waals surface area (Å²) >= 11 is 0. The van der Waals surface area contributed by atoms with Crippen molar-refractivity contribution in [3.05, 3.63) is 33.7 Å². The number of hydrogen-bond acceptors (Lipinski definition) is 4. The smallest absolute Gasteiger partial charge is 0.310 e. The third-order valence-electron chi connectivity index (χ3n) is 1.72. The molecule has 0 fully saturated rings. The highest BCUT2D eigenvalue weighted by atomic mass is 16.5. The van der Waals surface area contributed by atoms with Gasteiger partial charge in [-0.25, -0.2) is 0 Å². The fourth-order valence-corrected chi connectivity index (χ4v) is 1.00. The lowest BCUT2D eigenvalue weighted by Gasteiger charge is -2.00. The van der Waals surface area contributed by atoms with E-state index in [4.69, 9.17) is 5.26 Å². The largest absolute Gasteiger partial charge is 0.469 e. The van der Waals surface area contributed by atoms with E-state index < -0.39 is 5.97 Å². The number of esters is 1. The lowest BCUT2D eigenvalue weighted by Crippen LogP contribution is -2.16. The van der Waals surface area contributed by atoms with Gasteiger partial charge in [-0.2, -0.15) is 5.26 Å². The van der Waals surface area contributed by atoms with E-state index in [0.717, 1.165) is 0 Å². The molecule has 0 spiro atoms. The number of methoxy groups -OCH3 is 1. The SMILES string of the molecule is COC(=O)Cc1c(C#N)[nH]ccc1=O. The number of aromatic amines is 1. The van der Waals surface area contributed by atoms with Crippen LogP contribution in [0, 0.1) is 11.3 Å². The van der Waals surface area contributed by atoms with E-state index in [1.807, 2.05) is 0 Å². The highest BCUT2D eigenvalue weighted by Gasteiger charge is 2.11. The molecule has 1 rings (SSSR count). The van der Waals surface area contributed by atoms with Crippen molar-refractivity contribution >= 4 is 5.97 Å². The Hall–Kier alpha value is -2.09. The maximum absolute atomic E-state index is 11.3. The summed E-state index contributed by atoms with van der Waals surface area (Å²) in [5.41, 5.74) is -0.101. The van der Waals surface area contributed by atoms with Gasteiger partial charge in [0.2, 0.25) is 0 Å². The Labute approximate surface area is 79.9 Å². The van der Waals surface area contributed by atoms with Crippen molar-refractivity contribution in [2.75, 3.05) is 7.11 Å². The van der Waals surface area contributed by atoms with E-state index in [2.05, 4.69) is 9.72 Å². The predicted molar refractivity (Wildman–Crippen MR) is 47.5 cm³/mol. The summed E-state index contributed by atoms with van der Waals surface area (Å²) in [6, 6.07) is 3.07. The van der Waals surface area contributed by atoms with Gasteiger partial charge in [0.25, 0.3) is 0 Å². The van der Waals surface area contributed by atoms with Crippen LogP contribution in [-0.4, -0.2) is 18.1 Å². The summed E-state index contributed by atoms with van der Waals surface area (Å²) in [6.45, 7) is 0. The molecule has 5 nitrogen and oxygen atoms in total. The van der Waals surface area contributed by atoms with Crippen LogP contribution in [0.4, 0.5) is 0 Å². The molecule has 0 aliphatic carbocycles. The minimum atomic E-state index is -0.543. The maximum atomic E-state index is 11.3. The van der Waals surface area contributed by atoms with Gasteiger partial charge >= 0.3 is 5.97 Å². The molecule has 0 amide bonds. The monoisotopic (exact) mass is 192 g/mol. The number of hydrogen-bond donors (Lipinski definition) is 1. The Bertz CT molecular complexity index is 442. The molecule has 0 saturated heterocycles. The van der Waals surface area contributed by atoms with Crippen molar-refractivity contribution in [1.29, 1.82) is 5.26 Å². The number of rotatable bonds is 2. The first kappa shape index (κ1) is 9.99. The lowest BCUT2D eigenvalue weighted by atomic mass is 10.1. The van der Waals surface area contributed by atoms with Gasteiger partial charge in [0.05, 0.1) is 13.5 Å². The Morgan fingerprint density at radius 1 is 1.71 bits per heavy atom. The van der Waals surface area contributed by atoms with Gasteiger partial charge in [-0.1, -0.05) is 0 Å². The van der Waals surface area contributed by atoms with Crippen LogP contribution in [0.15, 0.2) is 17.1 Å². The number of nitriles is 1. The summed E-state index contributed by atoms with van der Waals surface area (Å²) in [5.74, 6) is -0.543. The topological polar surface area (TPSA) is 82.9 Å². The number of carbonyl (C=O) groups is 1. The van der Waals surface area contributed by atoms with Crippen molar-refractivity contribution in [3.8, 4) is 6.07 Å². The summed E-state index contributed by atoms with van der Waals surface area (Å²) in [5, 5.41) is 8.66. The predicted octanol–water partition coefficient (Wildman–Crippen LogP) is -0.0379. The number of nitrogens with zero attached hydrogens (tertiary/aromatic N) is 1. The van der Waals surface area contributed by atoms with E-state index in [-0.39, 0.29) is 23.1 Å². The van der Waals surface area contributed by atoms with Crippen LogP contribution in [-0.2, 0) is 16.0 Å². The van der Waals surface area contributed by atoms with E-state index in [0.29, 0.717) is 0 Å². The van der Waals surface area contributed by atoms with Crippen LogP contribution < -0.4 is 5.43 Å². The molecule has 0 bridgehead atoms. The average Bonchev–Trinajstić information content (AvgIpc) is 2.20. The molecule has 1 heterocycles. The molecule has 0 unspecified atom stereocenters. The zero-order valence-electron chi connectivity index (χ0n) is 7.53. The van der Waals surface area contributed by atoms with Crippen LogP contribution in [0.3, 0.4) is 0 Å². The second-order valence-electron chi connectivity index (χ2n) is 2.56. The summed E-state index contributed by atoms with van der Waals surface area (Å²) in [6.07, 6.45) is 1.18. The third-order valence-corrected chi connectivity index (χ3v) is 1.72. The van der Waals surface area contributed by atoms with Crippen LogP contribution in [0.5, 0.6) is 0 Å². The molecule has 0 saturated carbocycles. The van der Waals surface area contributed by atoms with Crippen LogP contribution in [0.25, 0.3) is 0 Å². The van der Waals surface area contributed by atoms with E-state index >= 15 is 0 Å². The fourth-order valence-electron chi connectivity index (χ4n) is 1.00. The van der Waals surface area contributed by atoms with Crippen molar-refractivity contribution in [2.24, 2.45) is 0 Å². The molecule has 0 aliphatic rings. The second-order valence-corrected chi connectivity index (χ2v) is 2.56. The van der Waals surface area contributed by atoms with E-state index in [1.54, 1.807) is 6.07 Å². The molecule has 0 aliphatic heterocycles. The standard InChI is InChI=1S/C9H8N2O3/c1-14-9(13)4-6-7(5-10)11-3-2-8(6)12/h2-3H,4H2,1H3,(H,11,12). The highest BCUT2D eigenvalue weighted by Crippen LogP contribution is 1.99. The minimum Gasteiger partial charge on any atom is -0.469 e. The highest BCUT2D eigenvalue weighted by molar-refractivity contribution is 5.73. The van der Waals surface area contributed by atoms with Crippen molar-refractivity contribution < 1.29 is 9.53 Å². The van der Waals surface area contributed by atoms with Gasteiger partial charge in [-0.3, -0.25) is 9.59 Å². The number of aromatic nitrogens is 1. The molecule has 1 N–H and O–H groups in total. The lowest BCUT2D eigenvalue weighted by molar-refractivity contribution is -0.139. The van der Waals surface area contributed by atoms with E-state index in [9.17, 15) is 9.59 Å². The molecule has 5 heteroatoms. The van der Waals surface area contributed by atoms with Gasteiger partial charge < -0.3 is 9.72 Å². The molecule has 1 aromatic rings. The van der Waals surface area contributed by atoms with Crippen molar-refractivity contribution in [1.82, 2.24) is 4.98 Å². The Morgan fingerprint density at radius 2 is 2.43 bits per heavy atom. The molecule has 0 aromatic carbocycles. The van der Waals surface area contributed by atoms with Crippen molar-refractivity contribution in [2.45, 2.75) is 6.42 Å². The van der Waals surface area contributed by atoms with Crippen LogP contribution in [0.1, 0.15) is 11.3 Å². The number of nitrogens with one attached hydrogen (secondary N) is 1. The molecule has 1 aromatic heterocycles. The molecule has 0 radical (unpaired) electrons. The Balaban J connectivity index is 3.13. The number of carbonyl (C=O) groups excluding carboxylic acids is 1. The molecule has 72 valence electrons. The van der Waals surface area contributed by atoms with E-state index in [1.165, 1.54) is 19.4 Å². The zero-order chi connectivity index (χ0) is 10.6. The van der Waals surface area contributed by atoms with Crippen molar-refractivity contribution in [3.63, 3.8) is 0 Å². The quantitative estimate of drug-likeness (QED) is 0.666. The molecular formula is C9H8N2O3. The molecule has 14 heavy (non-hydrogen) atoms. The van der Waals surface area contributed by atoms with Gasteiger partial charge in [-0.15, -0.1) is 0 Å². The summed E-state index contributed by atoms with van der Waals surface area (Å²) in [4.78, 5) is 24.8.